The summed E-state index contributed by atoms with van der Waals surface area (Å²) in [6, 6.07) is 3.87. The molecule has 0 radical (unpaired) electrons. The fourth-order valence-electron chi connectivity index (χ4n) is 1.69. The molecule has 0 bridgehead atoms. The van der Waals surface area contributed by atoms with Crippen LogP contribution in [0.5, 0.6) is 0 Å². The smallest absolute Gasteiger partial charge is 0.157 e. The predicted molar refractivity (Wildman–Crippen MR) is 70.3 cm³/mol. The van der Waals surface area contributed by atoms with E-state index in [1.165, 1.54) is 0 Å². The van der Waals surface area contributed by atoms with E-state index in [2.05, 4.69) is 20.3 Å². The molecule has 0 saturated heterocycles. The molecule has 5 heteroatoms. The Kier molecular flexibility index (Phi) is 3.84. The highest BCUT2D eigenvalue weighted by molar-refractivity contribution is 5.64. The summed E-state index contributed by atoms with van der Waals surface area (Å²) in [4.78, 5) is 13.0. The number of aryl methyl sites for hydroxylation is 1. The van der Waals surface area contributed by atoms with Crippen LogP contribution in [0.2, 0.25) is 0 Å². The molecule has 18 heavy (non-hydrogen) atoms. The Morgan fingerprint density at radius 2 is 2.17 bits per heavy atom. The van der Waals surface area contributed by atoms with Gasteiger partial charge in [-0.2, -0.15) is 0 Å². The van der Waals surface area contributed by atoms with Gasteiger partial charge in [0.15, 0.2) is 5.82 Å². The number of hydrogen-bond donors (Lipinski definition) is 1. The van der Waals surface area contributed by atoms with E-state index in [9.17, 15) is 0 Å². The van der Waals surface area contributed by atoms with E-state index in [-0.39, 0.29) is 0 Å². The lowest BCUT2D eigenvalue weighted by atomic mass is 10.1. The third-order valence-electron chi connectivity index (χ3n) is 2.62. The van der Waals surface area contributed by atoms with Crippen LogP contribution >= 0.6 is 0 Å². The summed E-state index contributed by atoms with van der Waals surface area (Å²) >= 11 is 0. The molecule has 0 unspecified atom stereocenters. The lowest BCUT2D eigenvalue weighted by molar-refractivity contribution is 0.178. The van der Waals surface area contributed by atoms with Crippen LogP contribution in [-0.4, -0.2) is 29.1 Å². The van der Waals surface area contributed by atoms with Crippen LogP contribution in [0.3, 0.4) is 0 Å². The second kappa shape index (κ2) is 5.55. The molecule has 5 nitrogen and oxygen atoms in total. The zero-order valence-corrected chi connectivity index (χ0v) is 10.8. The topological polar surface area (TPSA) is 59.9 Å². The van der Waals surface area contributed by atoms with Crippen molar-refractivity contribution in [3.05, 3.63) is 35.9 Å². The summed E-state index contributed by atoms with van der Waals surface area (Å²) in [5, 5.41) is 3.03. The summed E-state index contributed by atoms with van der Waals surface area (Å²) in [6.07, 6.45) is 3.59. The average molecular weight is 244 g/mol. The second-order valence-electron chi connectivity index (χ2n) is 3.93. The molecule has 0 aliphatic carbocycles. The highest BCUT2D eigenvalue weighted by Gasteiger charge is 2.08. The third-order valence-corrected chi connectivity index (χ3v) is 2.62. The first-order chi connectivity index (χ1) is 8.74. The van der Waals surface area contributed by atoms with Crippen molar-refractivity contribution >= 4 is 5.82 Å². The number of ether oxygens (including phenoxy) is 1. The van der Waals surface area contributed by atoms with E-state index in [1.807, 2.05) is 32.3 Å². The van der Waals surface area contributed by atoms with Crippen molar-refractivity contribution in [2.24, 2.45) is 0 Å². The van der Waals surface area contributed by atoms with Gasteiger partial charge in [0.25, 0.3) is 0 Å². The van der Waals surface area contributed by atoms with Crippen LogP contribution in [0.4, 0.5) is 5.82 Å². The molecule has 1 N–H and O–H groups in total. The van der Waals surface area contributed by atoms with Crippen LogP contribution in [0.1, 0.15) is 11.4 Å². The zero-order chi connectivity index (χ0) is 13.0. The van der Waals surface area contributed by atoms with E-state index in [1.54, 1.807) is 13.3 Å². The minimum absolute atomic E-state index is 0.391. The van der Waals surface area contributed by atoms with Crippen LogP contribution in [-0.2, 0) is 11.3 Å². The first-order valence-corrected chi connectivity index (χ1v) is 5.70. The van der Waals surface area contributed by atoms with Crippen molar-refractivity contribution < 1.29 is 4.74 Å². The van der Waals surface area contributed by atoms with Crippen molar-refractivity contribution in [2.45, 2.75) is 13.5 Å². The molecule has 2 aromatic heterocycles. The van der Waals surface area contributed by atoms with E-state index in [0.717, 1.165) is 22.6 Å². The van der Waals surface area contributed by atoms with Gasteiger partial charge in [0, 0.05) is 38.2 Å². The van der Waals surface area contributed by atoms with Crippen molar-refractivity contribution in [1.82, 2.24) is 15.0 Å². The molecule has 0 spiro atoms. The second-order valence-corrected chi connectivity index (χ2v) is 3.93. The molecule has 2 heterocycles. The largest absolute Gasteiger partial charge is 0.377 e. The van der Waals surface area contributed by atoms with Gasteiger partial charge in [-0.1, -0.05) is 0 Å². The number of nitrogens with zero attached hydrogens (tertiary/aromatic N) is 3. The molecule has 0 aliphatic rings. The van der Waals surface area contributed by atoms with Crippen molar-refractivity contribution in [3.63, 3.8) is 0 Å². The summed E-state index contributed by atoms with van der Waals surface area (Å²) in [5.74, 6) is 1.43. The minimum atomic E-state index is 0.391. The van der Waals surface area contributed by atoms with E-state index >= 15 is 0 Å². The molecular weight excluding hydrogens is 228 g/mol. The van der Waals surface area contributed by atoms with E-state index in [4.69, 9.17) is 4.74 Å². The summed E-state index contributed by atoms with van der Waals surface area (Å²) in [6.45, 7) is 2.43. The Bertz CT molecular complexity index is 542. The van der Waals surface area contributed by atoms with Crippen molar-refractivity contribution in [3.8, 4) is 11.3 Å². The highest BCUT2D eigenvalue weighted by atomic mass is 16.5. The Morgan fingerprint density at radius 1 is 1.33 bits per heavy atom. The van der Waals surface area contributed by atoms with Gasteiger partial charge in [0.05, 0.1) is 5.69 Å². The number of methoxy groups -OCH3 is 1. The maximum atomic E-state index is 5.08. The number of rotatable bonds is 4. The molecule has 2 rings (SSSR count). The predicted octanol–water partition coefficient (Wildman–Crippen LogP) is 2.04. The average Bonchev–Trinajstić information content (AvgIpc) is 2.39. The summed E-state index contributed by atoms with van der Waals surface area (Å²) in [5.41, 5.74) is 3.00. The van der Waals surface area contributed by atoms with Crippen LogP contribution in [0.25, 0.3) is 11.3 Å². The minimum Gasteiger partial charge on any atom is -0.377 e. The van der Waals surface area contributed by atoms with Gasteiger partial charge in [0.2, 0.25) is 0 Å². The van der Waals surface area contributed by atoms with Gasteiger partial charge in [-0.15, -0.1) is 0 Å². The monoisotopic (exact) mass is 244 g/mol. The van der Waals surface area contributed by atoms with Gasteiger partial charge < -0.3 is 10.1 Å². The Morgan fingerprint density at radius 3 is 2.83 bits per heavy atom. The lowest BCUT2D eigenvalue weighted by Gasteiger charge is -2.09. The fourth-order valence-corrected chi connectivity index (χ4v) is 1.69. The fraction of sp³-hybridized carbons (Fsp3) is 0.308. The molecular formula is C13H16N4O. The number of hydrogen-bond acceptors (Lipinski definition) is 5. The van der Waals surface area contributed by atoms with Gasteiger partial charge in [-0.05, 0) is 18.6 Å². The molecule has 0 aliphatic heterocycles. The van der Waals surface area contributed by atoms with Crippen LogP contribution in [0.15, 0.2) is 24.5 Å². The Hall–Kier alpha value is -2.01. The molecule has 0 atom stereocenters. The van der Waals surface area contributed by atoms with Gasteiger partial charge in [0.1, 0.15) is 12.4 Å². The van der Waals surface area contributed by atoms with E-state index < -0.39 is 0 Å². The Labute approximate surface area is 106 Å². The maximum absolute atomic E-state index is 5.08. The number of nitrogens with one attached hydrogen (secondary N) is 1. The SMILES string of the molecule is CNc1cc(-c2cnccc2C)nc(COC)n1. The maximum Gasteiger partial charge on any atom is 0.157 e. The number of aromatic nitrogens is 3. The standard InChI is InChI=1S/C13H16N4O/c1-9-4-5-15-7-10(9)11-6-12(14-2)17-13(16-11)8-18-3/h4-7H,8H2,1-3H3,(H,14,16,17). The molecule has 0 saturated carbocycles. The number of pyridine rings is 1. The normalized spacial score (nSPS) is 10.4. The van der Waals surface area contributed by atoms with Crippen molar-refractivity contribution in [1.29, 1.82) is 0 Å². The van der Waals surface area contributed by atoms with Crippen molar-refractivity contribution in [2.75, 3.05) is 19.5 Å². The first kappa shape index (κ1) is 12.4. The lowest BCUT2D eigenvalue weighted by Crippen LogP contribution is -2.03. The van der Waals surface area contributed by atoms with Gasteiger partial charge in [-0.3, -0.25) is 4.98 Å². The third kappa shape index (κ3) is 2.62. The molecule has 0 aromatic carbocycles. The molecule has 94 valence electrons. The van der Waals surface area contributed by atoms with Crippen LogP contribution in [0, 0.1) is 6.92 Å². The van der Waals surface area contributed by atoms with Crippen LogP contribution < -0.4 is 5.32 Å². The van der Waals surface area contributed by atoms with Gasteiger partial charge >= 0.3 is 0 Å². The number of anilines is 1. The highest BCUT2D eigenvalue weighted by Crippen LogP contribution is 2.22. The molecule has 2 aromatic rings. The first-order valence-electron chi connectivity index (χ1n) is 5.70. The quantitative estimate of drug-likeness (QED) is 0.891. The van der Waals surface area contributed by atoms with E-state index in [0.29, 0.717) is 12.4 Å². The summed E-state index contributed by atoms with van der Waals surface area (Å²) in [7, 11) is 3.46. The summed E-state index contributed by atoms with van der Waals surface area (Å²) < 4.78 is 5.08. The molecule has 0 amide bonds. The molecule has 0 fully saturated rings. The zero-order valence-electron chi connectivity index (χ0n) is 10.8. The van der Waals surface area contributed by atoms with Gasteiger partial charge in [-0.25, -0.2) is 9.97 Å². The Balaban J connectivity index is 2.50.